The van der Waals surface area contributed by atoms with Crippen LogP contribution in [0, 0.1) is 51.2 Å². The molecule has 0 saturated heterocycles. The topological polar surface area (TPSA) is 52.3 Å². The minimum absolute atomic E-state index is 0.0381. The first-order valence-electron chi connectivity index (χ1n) is 16.0. The summed E-state index contributed by atoms with van der Waals surface area (Å²) in [6.07, 6.45) is 18.0. The summed E-state index contributed by atoms with van der Waals surface area (Å²) >= 11 is 0. The fourth-order valence-corrected chi connectivity index (χ4v) is 12.0. The molecule has 0 aliphatic heterocycles. The molecule has 4 fully saturated rings. The molecule has 5 aliphatic rings. The van der Waals surface area contributed by atoms with Crippen LogP contribution in [0.15, 0.2) is 23.8 Å². The van der Waals surface area contributed by atoms with E-state index in [0.717, 1.165) is 37.0 Å². The van der Waals surface area contributed by atoms with Crippen molar-refractivity contribution in [3.63, 3.8) is 0 Å². The first kappa shape index (κ1) is 28.4. The van der Waals surface area contributed by atoms with Crippen molar-refractivity contribution in [3.8, 4) is 0 Å². The Morgan fingerprint density at radius 1 is 0.974 bits per heavy atom. The van der Waals surface area contributed by atoms with Gasteiger partial charge in [0.2, 0.25) is 0 Å². The molecule has 0 aromatic rings. The van der Waals surface area contributed by atoms with E-state index in [1.54, 1.807) is 5.57 Å². The van der Waals surface area contributed by atoms with Crippen LogP contribution in [0.25, 0.3) is 0 Å². The van der Waals surface area contributed by atoms with Gasteiger partial charge in [-0.25, -0.2) is 0 Å². The second-order valence-corrected chi connectivity index (χ2v) is 15.9. The van der Waals surface area contributed by atoms with Crippen LogP contribution in [0.1, 0.15) is 125 Å². The summed E-state index contributed by atoms with van der Waals surface area (Å²) in [7, 11) is 1.49. The minimum atomic E-state index is -0.0770. The van der Waals surface area contributed by atoms with Crippen molar-refractivity contribution in [2.24, 2.45) is 57.0 Å². The lowest BCUT2D eigenvalue weighted by Crippen LogP contribution is -2.67. The van der Waals surface area contributed by atoms with Crippen LogP contribution in [0.4, 0.5) is 0 Å². The van der Waals surface area contributed by atoms with E-state index in [2.05, 4.69) is 54.2 Å². The first-order chi connectivity index (χ1) is 17.7. The predicted molar refractivity (Wildman–Crippen MR) is 157 cm³/mol. The molecule has 3 heteroatoms. The van der Waals surface area contributed by atoms with Gasteiger partial charge >= 0.3 is 5.97 Å². The number of ether oxygens (including phenoxy) is 1. The molecule has 0 unspecified atom stereocenters. The molecule has 9 atom stereocenters. The summed E-state index contributed by atoms with van der Waals surface area (Å²) in [5.74, 6) is 3.43. The van der Waals surface area contributed by atoms with Crippen molar-refractivity contribution in [1.82, 2.24) is 0 Å². The number of hydrogen-bond donors (Lipinski definition) is 1. The lowest BCUT2D eigenvalue weighted by Gasteiger charge is -2.72. The van der Waals surface area contributed by atoms with E-state index in [9.17, 15) is 4.79 Å². The Kier molecular flexibility index (Phi) is 7.10. The molecule has 0 radical (unpaired) electrons. The third-order valence-corrected chi connectivity index (χ3v) is 14.2. The minimum Gasteiger partial charge on any atom is -0.469 e. The third kappa shape index (κ3) is 3.94. The van der Waals surface area contributed by atoms with Gasteiger partial charge in [-0.2, -0.15) is 0 Å². The quantitative estimate of drug-likeness (QED) is 0.215. The van der Waals surface area contributed by atoms with Gasteiger partial charge in [-0.3, -0.25) is 4.79 Å². The van der Waals surface area contributed by atoms with Crippen LogP contribution < -0.4 is 5.73 Å². The van der Waals surface area contributed by atoms with Crippen LogP contribution in [-0.4, -0.2) is 18.6 Å². The second-order valence-electron chi connectivity index (χ2n) is 15.9. The second kappa shape index (κ2) is 9.49. The zero-order valence-corrected chi connectivity index (χ0v) is 25.8. The monoisotopic (exact) mass is 523 g/mol. The number of nitrogens with two attached hydrogens (primary N) is 1. The van der Waals surface area contributed by atoms with E-state index >= 15 is 0 Å². The maximum atomic E-state index is 11.6. The Morgan fingerprint density at radius 3 is 2.39 bits per heavy atom. The molecule has 0 amide bonds. The van der Waals surface area contributed by atoms with E-state index in [-0.39, 0.29) is 16.9 Å². The number of methoxy groups -OCH3 is 1. The van der Waals surface area contributed by atoms with Crippen molar-refractivity contribution in [1.29, 1.82) is 0 Å². The predicted octanol–water partition coefficient (Wildman–Crippen LogP) is 8.62. The number of unbranched alkanes of at least 4 members (excludes halogenated alkanes) is 1. The fourth-order valence-electron chi connectivity index (χ4n) is 12.0. The lowest BCUT2D eigenvalue weighted by molar-refractivity contribution is -0.219. The molecule has 0 heterocycles. The highest BCUT2D eigenvalue weighted by molar-refractivity contribution is 5.68. The highest BCUT2D eigenvalue weighted by atomic mass is 16.5. The standard InChI is InChI=1S/C35H57NO2/c1-23(2)25-16-20-35(36)22-21-33(6)26(30(25)35)13-14-28-32(5)18-15-24(11-9-10-12-29(37)38-8)31(3,4)27(32)17-19-34(28,33)7/h15,25-28,30H,1,9-14,16-22,36H2,2-8H3/t25-,26+,27-,28+,30+,32-,33+,34+,35-/m0/s1. The number of rotatable bonds is 6. The molecule has 2 N–H and O–H groups in total. The average Bonchev–Trinajstić information content (AvgIpc) is 3.21. The third-order valence-electron chi connectivity index (χ3n) is 14.2. The molecule has 5 aliphatic carbocycles. The van der Waals surface area contributed by atoms with Gasteiger partial charge in [0.25, 0.3) is 0 Å². The van der Waals surface area contributed by atoms with E-state index in [0.29, 0.717) is 34.5 Å². The van der Waals surface area contributed by atoms with Crippen LogP contribution in [-0.2, 0) is 9.53 Å². The van der Waals surface area contributed by atoms with Crippen LogP contribution >= 0.6 is 0 Å². The molecule has 38 heavy (non-hydrogen) atoms. The Bertz CT molecular complexity index is 996. The Morgan fingerprint density at radius 2 is 1.71 bits per heavy atom. The van der Waals surface area contributed by atoms with Crippen molar-refractivity contribution in [3.05, 3.63) is 23.8 Å². The highest BCUT2D eigenvalue weighted by Gasteiger charge is 2.69. The maximum Gasteiger partial charge on any atom is 0.305 e. The molecule has 3 nitrogen and oxygen atoms in total. The van der Waals surface area contributed by atoms with Gasteiger partial charge in [0.1, 0.15) is 0 Å². The van der Waals surface area contributed by atoms with E-state index in [1.165, 1.54) is 70.5 Å². The maximum absolute atomic E-state index is 11.6. The van der Waals surface area contributed by atoms with Crippen LogP contribution in [0.2, 0.25) is 0 Å². The summed E-state index contributed by atoms with van der Waals surface area (Å²) in [6.45, 7) is 19.9. The number of esters is 1. The van der Waals surface area contributed by atoms with Gasteiger partial charge in [-0.1, -0.05) is 58.4 Å². The van der Waals surface area contributed by atoms with Crippen molar-refractivity contribution in [2.45, 2.75) is 131 Å². The molecule has 5 rings (SSSR count). The van der Waals surface area contributed by atoms with E-state index < -0.39 is 0 Å². The number of fused-ring (bicyclic) bond motifs is 7. The fraction of sp³-hybridized carbons (Fsp3) is 0.857. The van der Waals surface area contributed by atoms with E-state index in [1.807, 2.05) is 0 Å². The summed E-state index contributed by atoms with van der Waals surface area (Å²) < 4.78 is 4.85. The summed E-state index contributed by atoms with van der Waals surface area (Å²) in [6, 6.07) is 0. The van der Waals surface area contributed by atoms with Crippen LogP contribution in [0.5, 0.6) is 0 Å². The van der Waals surface area contributed by atoms with Gasteiger partial charge in [-0.05, 0) is 135 Å². The van der Waals surface area contributed by atoms with Gasteiger partial charge in [-0.15, -0.1) is 0 Å². The molecule has 0 aromatic carbocycles. The number of carbonyl (C=O) groups is 1. The van der Waals surface area contributed by atoms with Crippen LogP contribution in [0.3, 0.4) is 0 Å². The average molecular weight is 524 g/mol. The highest BCUT2D eigenvalue weighted by Crippen LogP contribution is 2.76. The molecule has 214 valence electrons. The first-order valence-corrected chi connectivity index (χ1v) is 16.0. The Labute approximate surface area is 233 Å². The zero-order valence-electron chi connectivity index (χ0n) is 25.8. The molecule has 0 spiro atoms. The molecule has 0 aromatic heterocycles. The van der Waals surface area contributed by atoms with E-state index in [4.69, 9.17) is 10.5 Å². The van der Waals surface area contributed by atoms with Gasteiger partial charge < -0.3 is 10.5 Å². The number of hydrogen-bond acceptors (Lipinski definition) is 3. The lowest BCUT2D eigenvalue weighted by atomic mass is 9.33. The Hall–Kier alpha value is -1.09. The smallest absolute Gasteiger partial charge is 0.305 e. The van der Waals surface area contributed by atoms with Gasteiger partial charge in [0.05, 0.1) is 7.11 Å². The van der Waals surface area contributed by atoms with Gasteiger partial charge in [0.15, 0.2) is 0 Å². The SMILES string of the molecule is C=C(C)[C@@H]1CC[C@]2(N)CC[C@]3(C)[C@H](CC[C@@H]4[C@@]5(C)CC=C(CCCCC(=O)OC)C(C)(C)[C@@H]5CC[C@]43C)[C@@H]12. The van der Waals surface area contributed by atoms with Crippen molar-refractivity contribution < 1.29 is 9.53 Å². The van der Waals surface area contributed by atoms with Crippen molar-refractivity contribution in [2.75, 3.05) is 7.11 Å². The normalized spacial score (nSPS) is 47.2. The molecule has 0 bridgehead atoms. The molecular formula is C35H57NO2. The largest absolute Gasteiger partial charge is 0.469 e. The molecule has 4 saturated carbocycles. The summed E-state index contributed by atoms with van der Waals surface area (Å²) in [5, 5.41) is 0. The zero-order chi connectivity index (χ0) is 27.7. The summed E-state index contributed by atoms with van der Waals surface area (Å²) in [5.41, 5.74) is 11.7. The van der Waals surface area contributed by atoms with Gasteiger partial charge in [0, 0.05) is 12.0 Å². The Balaban J connectivity index is 1.41. The number of carbonyl (C=O) groups excluding carboxylic acids is 1. The number of allylic oxidation sites excluding steroid dienone is 3. The summed E-state index contributed by atoms with van der Waals surface area (Å²) in [4.78, 5) is 11.6. The van der Waals surface area contributed by atoms with Crippen molar-refractivity contribution >= 4 is 5.97 Å². The molecular weight excluding hydrogens is 466 g/mol.